The van der Waals surface area contributed by atoms with Gasteiger partial charge in [-0.3, -0.25) is 4.98 Å². The Bertz CT molecular complexity index is 864. The smallest absolute Gasteiger partial charge is 0.227 e. The summed E-state index contributed by atoms with van der Waals surface area (Å²) in [7, 11) is -3.33. The van der Waals surface area contributed by atoms with Crippen LogP contribution in [0.15, 0.2) is 54.1 Å². The molecule has 0 N–H and O–H groups in total. The van der Waals surface area contributed by atoms with Crippen molar-refractivity contribution in [2.75, 3.05) is 6.26 Å². The van der Waals surface area contributed by atoms with E-state index in [2.05, 4.69) is 9.97 Å². The van der Waals surface area contributed by atoms with Gasteiger partial charge in [0.15, 0.2) is 0 Å². The fourth-order valence-corrected chi connectivity index (χ4v) is 3.03. The van der Waals surface area contributed by atoms with Crippen LogP contribution in [0, 0.1) is 0 Å². The molecule has 0 aliphatic carbocycles. The molecule has 3 aromatic rings. The van der Waals surface area contributed by atoms with E-state index >= 15 is 0 Å². The fraction of sp³-hybridized carbons (Fsp3) is 0.143. The predicted octanol–water partition coefficient (Wildman–Crippen LogP) is 1.88. The fourth-order valence-electron chi connectivity index (χ4n) is 2.22. The molecule has 3 rings (SSSR count). The zero-order valence-corrected chi connectivity index (χ0v) is 11.7. The molecule has 0 fully saturated rings. The first-order chi connectivity index (χ1) is 9.55. The van der Waals surface area contributed by atoms with E-state index in [0.29, 0.717) is 6.54 Å². The predicted molar refractivity (Wildman–Crippen MR) is 76.2 cm³/mol. The number of nitrogens with zero attached hydrogens (tertiary/aromatic N) is 3. The van der Waals surface area contributed by atoms with Crippen molar-refractivity contribution in [1.82, 2.24) is 14.5 Å². The molecule has 0 atom stereocenters. The van der Waals surface area contributed by atoms with Crippen LogP contribution in [-0.2, 0) is 16.4 Å². The van der Waals surface area contributed by atoms with Crippen molar-refractivity contribution < 1.29 is 8.42 Å². The summed E-state index contributed by atoms with van der Waals surface area (Å²) in [6.07, 6.45) is 6.05. The molecule has 0 saturated heterocycles. The Balaban J connectivity index is 2.09. The monoisotopic (exact) mass is 287 g/mol. The quantitative estimate of drug-likeness (QED) is 0.738. The zero-order valence-electron chi connectivity index (χ0n) is 10.9. The molecule has 0 bridgehead atoms. The van der Waals surface area contributed by atoms with Gasteiger partial charge in [0.2, 0.25) is 15.0 Å². The summed E-state index contributed by atoms with van der Waals surface area (Å²) in [5.41, 5.74) is 1.84. The second kappa shape index (κ2) is 4.72. The third-order valence-corrected chi connectivity index (χ3v) is 4.07. The highest BCUT2D eigenvalue weighted by atomic mass is 32.2. The maximum Gasteiger partial charge on any atom is 0.227 e. The molecule has 0 aliphatic rings. The molecular weight excluding hydrogens is 274 g/mol. The van der Waals surface area contributed by atoms with Crippen molar-refractivity contribution in [3.8, 4) is 0 Å². The number of imidazole rings is 1. The van der Waals surface area contributed by atoms with Crippen LogP contribution < -0.4 is 0 Å². The number of rotatable bonds is 3. The number of sulfone groups is 1. The van der Waals surface area contributed by atoms with E-state index in [0.717, 1.165) is 22.7 Å². The molecule has 2 heterocycles. The second-order valence-corrected chi connectivity index (χ2v) is 6.51. The van der Waals surface area contributed by atoms with Crippen molar-refractivity contribution in [2.24, 2.45) is 0 Å². The lowest BCUT2D eigenvalue weighted by Gasteiger charge is -2.08. The lowest BCUT2D eigenvalue weighted by atomic mass is 10.1. The highest BCUT2D eigenvalue weighted by molar-refractivity contribution is 7.90. The van der Waals surface area contributed by atoms with Gasteiger partial charge in [-0.15, -0.1) is 0 Å². The van der Waals surface area contributed by atoms with E-state index in [1.165, 1.54) is 6.20 Å². The topological polar surface area (TPSA) is 64.8 Å². The van der Waals surface area contributed by atoms with E-state index in [9.17, 15) is 8.42 Å². The van der Waals surface area contributed by atoms with Crippen molar-refractivity contribution in [2.45, 2.75) is 11.7 Å². The Kier molecular flexibility index (Phi) is 3.02. The first-order valence-corrected chi connectivity index (χ1v) is 7.99. The molecule has 0 aliphatic heterocycles. The number of hydrogen-bond donors (Lipinski definition) is 0. The molecule has 102 valence electrons. The van der Waals surface area contributed by atoms with Gasteiger partial charge in [0.25, 0.3) is 0 Å². The molecule has 20 heavy (non-hydrogen) atoms. The standard InChI is InChI=1S/C14H13N3O2S/c1-20(18,19)14-16-8-9-17(14)10-12-5-2-4-11-6-3-7-15-13(11)12/h2-9H,10H2,1H3. The first kappa shape index (κ1) is 12.8. The summed E-state index contributed by atoms with van der Waals surface area (Å²) in [6.45, 7) is 0.427. The number of benzene rings is 1. The normalized spacial score (nSPS) is 11.8. The Morgan fingerprint density at radius 1 is 1.10 bits per heavy atom. The van der Waals surface area contributed by atoms with Gasteiger partial charge < -0.3 is 4.57 Å². The van der Waals surface area contributed by atoms with Crippen LogP contribution in [0.3, 0.4) is 0 Å². The lowest BCUT2D eigenvalue weighted by Crippen LogP contribution is -2.10. The average molecular weight is 287 g/mol. The lowest BCUT2D eigenvalue weighted by molar-refractivity contribution is 0.578. The van der Waals surface area contributed by atoms with Gasteiger partial charge in [0.1, 0.15) is 0 Å². The van der Waals surface area contributed by atoms with Gasteiger partial charge in [0.05, 0.1) is 12.1 Å². The van der Waals surface area contributed by atoms with Gasteiger partial charge >= 0.3 is 0 Å². The summed E-state index contributed by atoms with van der Waals surface area (Å²) >= 11 is 0. The first-order valence-electron chi connectivity index (χ1n) is 6.09. The number of para-hydroxylation sites is 1. The van der Waals surface area contributed by atoms with Gasteiger partial charge in [-0.05, 0) is 11.6 Å². The van der Waals surface area contributed by atoms with E-state index in [4.69, 9.17) is 0 Å². The number of aromatic nitrogens is 3. The third-order valence-electron chi connectivity index (χ3n) is 3.07. The minimum atomic E-state index is -3.33. The van der Waals surface area contributed by atoms with Gasteiger partial charge in [-0.2, -0.15) is 0 Å². The number of hydrogen-bond acceptors (Lipinski definition) is 4. The van der Waals surface area contributed by atoms with E-state index < -0.39 is 9.84 Å². The molecule has 0 amide bonds. The highest BCUT2D eigenvalue weighted by Gasteiger charge is 2.15. The van der Waals surface area contributed by atoms with Crippen LogP contribution in [0.25, 0.3) is 10.9 Å². The van der Waals surface area contributed by atoms with Crippen LogP contribution in [0.1, 0.15) is 5.56 Å². The SMILES string of the molecule is CS(=O)(=O)c1nccn1Cc1cccc2cccnc12. The van der Waals surface area contributed by atoms with Crippen LogP contribution in [0.2, 0.25) is 0 Å². The third kappa shape index (κ3) is 2.30. The van der Waals surface area contributed by atoms with Crippen LogP contribution in [-0.4, -0.2) is 29.2 Å². The summed E-state index contributed by atoms with van der Waals surface area (Å²) < 4.78 is 25.0. The average Bonchev–Trinajstić information content (AvgIpc) is 2.87. The maximum atomic E-state index is 11.7. The van der Waals surface area contributed by atoms with Gasteiger partial charge in [-0.1, -0.05) is 24.3 Å². The van der Waals surface area contributed by atoms with Crippen molar-refractivity contribution in [3.05, 3.63) is 54.5 Å². The van der Waals surface area contributed by atoms with Crippen molar-refractivity contribution in [3.63, 3.8) is 0 Å². The zero-order chi connectivity index (χ0) is 14.2. The van der Waals surface area contributed by atoms with E-state index in [1.54, 1.807) is 17.0 Å². The van der Waals surface area contributed by atoms with Crippen molar-refractivity contribution >= 4 is 20.7 Å². The Hall–Kier alpha value is -2.21. The molecular formula is C14H13N3O2S. The van der Waals surface area contributed by atoms with Crippen LogP contribution in [0.4, 0.5) is 0 Å². The largest absolute Gasteiger partial charge is 0.317 e. The van der Waals surface area contributed by atoms with Gasteiger partial charge in [0, 0.05) is 30.2 Å². The minimum absolute atomic E-state index is 0.0745. The summed E-state index contributed by atoms with van der Waals surface area (Å²) in [6, 6.07) is 9.73. The summed E-state index contributed by atoms with van der Waals surface area (Å²) in [5, 5.41) is 1.11. The Labute approximate surface area is 116 Å². The minimum Gasteiger partial charge on any atom is -0.317 e. The molecule has 0 unspecified atom stereocenters. The molecule has 6 heteroatoms. The summed E-state index contributed by atoms with van der Waals surface area (Å²) in [4.78, 5) is 8.29. The maximum absolute atomic E-state index is 11.7. The molecule has 0 radical (unpaired) electrons. The molecule has 2 aromatic heterocycles. The Morgan fingerprint density at radius 2 is 1.90 bits per heavy atom. The van der Waals surface area contributed by atoms with Crippen LogP contribution in [0.5, 0.6) is 0 Å². The Morgan fingerprint density at radius 3 is 2.70 bits per heavy atom. The molecule has 1 aromatic carbocycles. The highest BCUT2D eigenvalue weighted by Crippen LogP contribution is 2.18. The second-order valence-electron chi connectivity index (χ2n) is 4.60. The summed E-state index contributed by atoms with van der Waals surface area (Å²) in [5.74, 6) is 0. The van der Waals surface area contributed by atoms with Crippen molar-refractivity contribution in [1.29, 1.82) is 0 Å². The molecule has 5 nitrogen and oxygen atoms in total. The van der Waals surface area contributed by atoms with E-state index in [-0.39, 0.29) is 5.16 Å². The number of pyridine rings is 1. The molecule has 0 spiro atoms. The van der Waals surface area contributed by atoms with Crippen LogP contribution >= 0.6 is 0 Å². The number of fused-ring (bicyclic) bond motifs is 1. The molecule has 0 saturated carbocycles. The van der Waals surface area contributed by atoms with E-state index in [1.807, 2.05) is 30.3 Å². The van der Waals surface area contributed by atoms with Gasteiger partial charge in [-0.25, -0.2) is 13.4 Å².